The molecule has 0 spiro atoms. The molecule has 1 atom stereocenters. The summed E-state index contributed by atoms with van der Waals surface area (Å²) in [5, 5.41) is 5.77. The molecule has 18 heavy (non-hydrogen) atoms. The number of benzene rings is 1. The Bertz CT molecular complexity index is 423. The Balaban J connectivity index is 2.55. The molecule has 1 aromatic carbocycles. The fraction of sp³-hybridized carbons (Fsp3) is 0.462. The van der Waals surface area contributed by atoms with Crippen molar-refractivity contribution in [1.82, 2.24) is 10.6 Å². The Labute approximate surface area is 115 Å². The summed E-state index contributed by atoms with van der Waals surface area (Å²) in [6.45, 7) is 5.80. The second-order valence-electron chi connectivity index (χ2n) is 4.49. The maximum Gasteiger partial charge on any atom is 0.234 e. The topological polar surface area (TPSA) is 41.1 Å². The molecular weight excluding hydrogens is 299 g/mol. The minimum Gasteiger partial charge on any atom is -0.353 e. The van der Waals surface area contributed by atoms with Gasteiger partial charge >= 0.3 is 0 Å². The van der Waals surface area contributed by atoms with Crippen LogP contribution in [0.15, 0.2) is 22.7 Å². The maximum atomic E-state index is 13.7. The number of rotatable bonds is 5. The van der Waals surface area contributed by atoms with Gasteiger partial charge in [-0.2, -0.15) is 0 Å². The molecule has 0 aliphatic carbocycles. The van der Waals surface area contributed by atoms with Gasteiger partial charge in [0.15, 0.2) is 0 Å². The van der Waals surface area contributed by atoms with Crippen molar-refractivity contribution in [3.8, 4) is 0 Å². The smallest absolute Gasteiger partial charge is 0.234 e. The monoisotopic (exact) mass is 316 g/mol. The summed E-state index contributed by atoms with van der Waals surface area (Å²) in [5.41, 5.74) is 0.551. The van der Waals surface area contributed by atoms with E-state index in [0.29, 0.717) is 10.0 Å². The number of hydrogen-bond donors (Lipinski definition) is 2. The molecule has 5 heteroatoms. The summed E-state index contributed by atoms with van der Waals surface area (Å²) in [5.74, 6) is -0.372. The summed E-state index contributed by atoms with van der Waals surface area (Å²) in [7, 11) is 0. The standard InChI is InChI=1S/C13H18BrFN2O/c1-8(2)17-13(18)7-16-9(3)11-5-4-10(14)6-12(11)15/h4-6,8-9,16H,7H2,1-3H3,(H,17,18). The van der Waals surface area contributed by atoms with Gasteiger partial charge in [-0.25, -0.2) is 4.39 Å². The Hall–Kier alpha value is -0.940. The van der Waals surface area contributed by atoms with Crippen LogP contribution in [0.4, 0.5) is 4.39 Å². The van der Waals surface area contributed by atoms with Crippen molar-refractivity contribution >= 4 is 21.8 Å². The lowest BCUT2D eigenvalue weighted by atomic mass is 10.1. The number of carbonyl (C=O) groups excluding carboxylic acids is 1. The molecule has 0 aromatic heterocycles. The highest BCUT2D eigenvalue weighted by Crippen LogP contribution is 2.20. The van der Waals surface area contributed by atoms with Gasteiger partial charge < -0.3 is 10.6 Å². The zero-order chi connectivity index (χ0) is 13.7. The Morgan fingerprint density at radius 2 is 2.06 bits per heavy atom. The molecule has 1 amide bonds. The maximum absolute atomic E-state index is 13.7. The van der Waals surface area contributed by atoms with Crippen molar-refractivity contribution < 1.29 is 9.18 Å². The predicted octanol–water partition coefficient (Wildman–Crippen LogP) is 2.76. The highest BCUT2D eigenvalue weighted by Gasteiger charge is 2.12. The van der Waals surface area contributed by atoms with E-state index >= 15 is 0 Å². The van der Waals surface area contributed by atoms with Crippen molar-refractivity contribution in [2.75, 3.05) is 6.54 Å². The predicted molar refractivity (Wildman–Crippen MR) is 73.8 cm³/mol. The van der Waals surface area contributed by atoms with Crippen LogP contribution in [-0.4, -0.2) is 18.5 Å². The van der Waals surface area contributed by atoms with Crippen molar-refractivity contribution in [3.63, 3.8) is 0 Å². The lowest BCUT2D eigenvalue weighted by Gasteiger charge is -2.16. The molecule has 1 aromatic rings. The number of nitrogens with one attached hydrogen (secondary N) is 2. The van der Waals surface area contributed by atoms with Crippen LogP contribution in [0.1, 0.15) is 32.4 Å². The Morgan fingerprint density at radius 1 is 1.39 bits per heavy atom. The fourth-order valence-corrected chi connectivity index (χ4v) is 1.91. The third kappa shape index (κ3) is 4.74. The SMILES string of the molecule is CC(C)NC(=O)CNC(C)c1ccc(Br)cc1F. The summed E-state index contributed by atoms with van der Waals surface area (Å²) >= 11 is 3.21. The molecular formula is C13H18BrFN2O. The lowest BCUT2D eigenvalue weighted by molar-refractivity contribution is -0.120. The van der Waals surface area contributed by atoms with Crippen LogP contribution < -0.4 is 10.6 Å². The third-order valence-electron chi connectivity index (χ3n) is 2.45. The van der Waals surface area contributed by atoms with Crippen molar-refractivity contribution in [2.24, 2.45) is 0 Å². The Kier molecular flexibility index (Phi) is 5.75. The first kappa shape index (κ1) is 15.1. The van der Waals surface area contributed by atoms with E-state index in [1.54, 1.807) is 12.1 Å². The first-order valence-corrected chi connectivity index (χ1v) is 6.67. The van der Waals surface area contributed by atoms with Gasteiger partial charge in [0.2, 0.25) is 5.91 Å². The van der Waals surface area contributed by atoms with Gasteiger partial charge in [-0.05, 0) is 32.9 Å². The minimum absolute atomic E-state index is 0.0885. The zero-order valence-corrected chi connectivity index (χ0v) is 12.3. The van der Waals surface area contributed by atoms with Crippen molar-refractivity contribution in [3.05, 3.63) is 34.1 Å². The van der Waals surface area contributed by atoms with Gasteiger partial charge in [0, 0.05) is 22.1 Å². The van der Waals surface area contributed by atoms with Crippen LogP contribution in [0.25, 0.3) is 0 Å². The minimum atomic E-state index is -0.284. The Morgan fingerprint density at radius 3 is 2.61 bits per heavy atom. The van der Waals surface area contributed by atoms with Gasteiger partial charge in [-0.15, -0.1) is 0 Å². The van der Waals surface area contributed by atoms with Crippen molar-refractivity contribution in [1.29, 1.82) is 0 Å². The average Bonchev–Trinajstić information content (AvgIpc) is 2.25. The fourth-order valence-electron chi connectivity index (χ4n) is 1.58. The van der Waals surface area contributed by atoms with E-state index in [-0.39, 0.29) is 30.4 Å². The molecule has 0 saturated heterocycles. The van der Waals surface area contributed by atoms with E-state index in [9.17, 15) is 9.18 Å². The molecule has 0 saturated carbocycles. The van der Waals surface area contributed by atoms with E-state index < -0.39 is 0 Å². The van der Waals surface area contributed by atoms with E-state index in [4.69, 9.17) is 0 Å². The van der Waals surface area contributed by atoms with Crippen molar-refractivity contribution in [2.45, 2.75) is 32.9 Å². The summed E-state index contributed by atoms with van der Waals surface area (Å²) in [6, 6.07) is 4.80. The molecule has 1 unspecified atom stereocenters. The molecule has 0 bridgehead atoms. The molecule has 2 N–H and O–H groups in total. The number of hydrogen-bond acceptors (Lipinski definition) is 2. The van der Waals surface area contributed by atoms with E-state index in [2.05, 4.69) is 26.6 Å². The molecule has 0 aliphatic rings. The van der Waals surface area contributed by atoms with Gasteiger partial charge in [0.25, 0.3) is 0 Å². The van der Waals surface area contributed by atoms with E-state index in [0.717, 1.165) is 0 Å². The van der Waals surface area contributed by atoms with Crippen LogP contribution in [0.3, 0.4) is 0 Å². The molecule has 3 nitrogen and oxygen atoms in total. The normalized spacial score (nSPS) is 12.6. The lowest BCUT2D eigenvalue weighted by Crippen LogP contribution is -2.38. The quantitative estimate of drug-likeness (QED) is 0.877. The molecule has 0 fully saturated rings. The number of amides is 1. The van der Waals surface area contributed by atoms with Crippen LogP contribution in [0, 0.1) is 5.82 Å². The van der Waals surface area contributed by atoms with Gasteiger partial charge in [-0.1, -0.05) is 22.0 Å². The largest absolute Gasteiger partial charge is 0.353 e. The van der Waals surface area contributed by atoms with Gasteiger partial charge in [-0.3, -0.25) is 4.79 Å². The van der Waals surface area contributed by atoms with Crippen LogP contribution in [-0.2, 0) is 4.79 Å². The highest BCUT2D eigenvalue weighted by molar-refractivity contribution is 9.10. The number of halogens is 2. The average molecular weight is 317 g/mol. The second kappa shape index (κ2) is 6.85. The molecule has 1 rings (SSSR count). The third-order valence-corrected chi connectivity index (χ3v) is 2.94. The first-order valence-electron chi connectivity index (χ1n) is 5.88. The van der Waals surface area contributed by atoms with Gasteiger partial charge in [0.1, 0.15) is 5.82 Å². The molecule has 0 heterocycles. The first-order chi connectivity index (χ1) is 8.40. The molecule has 100 valence electrons. The van der Waals surface area contributed by atoms with E-state index in [1.807, 2.05) is 20.8 Å². The summed E-state index contributed by atoms with van der Waals surface area (Å²) < 4.78 is 14.4. The second-order valence-corrected chi connectivity index (χ2v) is 5.41. The van der Waals surface area contributed by atoms with E-state index in [1.165, 1.54) is 6.07 Å². The van der Waals surface area contributed by atoms with Gasteiger partial charge in [0.05, 0.1) is 6.54 Å². The van der Waals surface area contributed by atoms with Crippen LogP contribution in [0.5, 0.6) is 0 Å². The van der Waals surface area contributed by atoms with Crippen LogP contribution >= 0.6 is 15.9 Å². The zero-order valence-electron chi connectivity index (χ0n) is 10.8. The molecule has 0 radical (unpaired) electrons. The summed E-state index contributed by atoms with van der Waals surface area (Å²) in [6.07, 6.45) is 0. The van der Waals surface area contributed by atoms with Crippen LogP contribution in [0.2, 0.25) is 0 Å². The highest BCUT2D eigenvalue weighted by atomic mass is 79.9. The molecule has 0 aliphatic heterocycles. The number of carbonyl (C=O) groups is 1. The summed E-state index contributed by atoms with van der Waals surface area (Å²) in [4.78, 5) is 11.5.